The Balaban J connectivity index is 8.01. The Hall–Kier alpha value is 0.730. The molecule has 0 rings (SSSR count). The van der Waals surface area contributed by atoms with Crippen molar-refractivity contribution in [2.75, 3.05) is 49.3 Å². The van der Waals surface area contributed by atoms with Gasteiger partial charge >= 0.3 is 453 Å². The van der Waals surface area contributed by atoms with Crippen molar-refractivity contribution in [2.24, 2.45) is 0 Å². The zero-order valence-electron chi connectivity index (χ0n) is 50.5. The fraction of sp³-hybridized carbons (Fsp3) is 1.00. The Morgan fingerprint density at radius 2 is 0.310 bits per heavy atom. The van der Waals surface area contributed by atoms with E-state index in [0.29, 0.717) is 0 Å². The molecule has 0 heterocycles. The van der Waals surface area contributed by atoms with Crippen molar-refractivity contribution in [1.82, 2.24) is 0 Å². The molecule has 0 fully saturated rings. The van der Waals surface area contributed by atoms with Gasteiger partial charge in [-0.25, -0.2) is 0 Å². The van der Waals surface area contributed by atoms with E-state index in [9.17, 15) is 0 Å². The molecule has 0 N–H and O–H groups in total. The third kappa shape index (κ3) is 37.2. The van der Waals surface area contributed by atoms with Gasteiger partial charge in [-0.15, -0.1) is 0 Å². The van der Waals surface area contributed by atoms with Crippen molar-refractivity contribution in [3.8, 4) is 0 Å². The first-order chi connectivity index (χ1) is 34.5. The van der Waals surface area contributed by atoms with Crippen LogP contribution in [0.3, 0.4) is 0 Å². The standard InChI is InChI=1S/C64H136O4P2S/c1-9-17-25-33-41-49-57-69(58-50-42-34-26-18-10-2,59-51-43-35-27-19-11-3,60-52-44-36-28-20-12-4)67-71(65,66)68-70(61-53-45-37-29-21-13-5,62-54-46-38-30-22-14-6,63-55-47-39-31-23-15-7)64-56-48-40-32-24-16-8/h9-64H2,1-8H3. The van der Waals surface area contributed by atoms with Gasteiger partial charge in [0.25, 0.3) is 0 Å². The molecule has 0 unspecified atom stereocenters. The van der Waals surface area contributed by atoms with Gasteiger partial charge in [-0.05, 0) is 0 Å². The van der Waals surface area contributed by atoms with Crippen LogP contribution < -0.4 is 0 Å². The molecule has 0 aromatic heterocycles. The zero-order valence-corrected chi connectivity index (χ0v) is 53.1. The molecule has 0 aromatic rings. The van der Waals surface area contributed by atoms with Crippen LogP contribution in [0, 0.1) is 0 Å². The van der Waals surface area contributed by atoms with Gasteiger partial charge in [0.2, 0.25) is 0 Å². The van der Waals surface area contributed by atoms with Gasteiger partial charge in [-0.1, -0.05) is 0 Å². The molecule has 0 aliphatic rings. The van der Waals surface area contributed by atoms with Crippen molar-refractivity contribution in [2.45, 2.75) is 364 Å². The van der Waals surface area contributed by atoms with Crippen molar-refractivity contribution in [1.29, 1.82) is 0 Å². The minimum atomic E-state index is -4.31. The van der Waals surface area contributed by atoms with Gasteiger partial charge in [0.1, 0.15) is 0 Å². The Morgan fingerprint density at radius 3 is 0.437 bits per heavy atom. The summed E-state index contributed by atoms with van der Waals surface area (Å²) in [7, 11) is -4.31. The summed E-state index contributed by atoms with van der Waals surface area (Å²) in [6, 6.07) is 0. The van der Waals surface area contributed by atoms with Crippen LogP contribution in [0.4, 0.5) is 0 Å². The molecule has 0 atom stereocenters. The normalized spacial score (nSPS) is 13.7. The fourth-order valence-electron chi connectivity index (χ4n) is 12.5. The number of unbranched alkanes of at least 4 members (excludes halogenated alkanes) is 40. The number of hydrogen-bond acceptors (Lipinski definition) is 4. The minimum absolute atomic E-state index is 0.999. The summed E-state index contributed by atoms with van der Waals surface area (Å²) in [6.45, 7) is 11.9. The number of hydrogen-bond donors (Lipinski definition) is 0. The second-order valence-corrected chi connectivity index (χ2v) is 37.2. The van der Waals surface area contributed by atoms with Crippen LogP contribution in [0.25, 0.3) is 0 Å². The van der Waals surface area contributed by atoms with Crippen LogP contribution in [-0.2, 0) is 18.3 Å². The third-order valence-corrected chi connectivity index (χ3v) is 33.6. The molecule has 0 bridgehead atoms. The van der Waals surface area contributed by atoms with Gasteiger partial charge in [0.05, 0.1) is 0 Å². The van der Waals surface area contributed by atoms with Gasteiger partial charge in [0.15, 0.2) is 0 Å². The van der Waals surface area contributed by atoms with E-state index in [4.69, 9.17) is 7.94 Å². The van der Waals surface area contributed by atoms with Crippen LogP contribution in [0.1, 0.15) is 364 Å². The van der Waals surface area contributed by atoms with E-state index in [1.807, 2.05) is 0 Å². The molecular weight excluding hydrogens is 927 g/mol. The average Bonchev–Trinajstić information content (AvgIpc) is 3.35. The van der Waals surface area contributed by atoms with Crippen molar-refractivity contribution in [3.63, 3.8) is 0 Å². The average molecular weight is 1060 g/mol. The van der Waals surface area contributed by atoms with Gasteiger partial charge in [-0.2, -0.15) is 0 Å². The molecular formula is C64H136O4P2S. The van der Waals surface area contributed by atoms with Gasteiger partial charge in [0, 0.05) is 0 Å². The van der Waals surface area contributed by atoms with Crippen LogP contribution in [-0.4, -0.2) is 57.7 Å². The number of rotatable bonds is 60. The first-order valence-electron chi connectivity index (χ1n) is 33.2. The summed E-state index contributed by atoms with van der Waals surface area (Å²) in [5.74, 6) is 0. The molecule has 0 amide bonds. The molecule has 0 aliphatic heterocycles. The van der Waals surface area contributed by atoms with E-state index in [-0.39, 0.29) is 0 Å². The van der Waals surface area contributed by atoms with E-state index in [1.54, 1.807) is 0 Å². The predicted octanol–water partition coefficient (Wildman–Crippen LogP) is 24.1. The molecule has 7 heteroatoms. The first-order valence-corrected chi connectivity index (χ1v) is 40.3. The Labute approximate surface area is 451 Å². The summed E-state index contributed by atoms with van der Waals surface area (Å²) < 4.78 is 48.1. The maximum absolute atomic E-state index is 16.3. The van der Waals surface area contributed by atoms with Crippen molar-refractivity contribution >= 4 is 24.1 Å². The molecule has 0 spiro atoms. The SMILES string of the molecule is CCCCCCCCP(CCCCCCCC)(CCCCCCCC)(CCCCCCCC)OS(=O)(=O)OP(CCCCCCCC)(CCCCCCCC)(CCCCCCCC)CCCCCCCC. The predicted molar refractivity (Wildman–Crippen MR) is 331 cm³/mol. The molecule has 0 saturated carbocycles. The van der Waals surface area contributed by atoms with Crippen LogP contribution in [0.15, 0.2) is 0 Å². The Bertz CT molecular complexity index is 988. The zero-order chi connectivity index (χ0) is 52.4. The summed E-state index contributed by atoms with van der Waals surface area (Å²) >= 11 is 0. The van der Waals surface area contributed by atoms with E-state index < -0.39 is 24.1 Å². The Kier molecular flexibility index (Phi) is 48.4. The molecule has 4 nitrogen and oxygen atoms in total. The second kappa shape index (κ2) is 47.9. The van der Waals surface area contributed by atoms with Crippen LogP contribution in [0.5, 0.6) is 0 Å². The van der Waals surface area contributed by atoms with Gasteiger partial charge < -0.3 is 0 Å². The fourth-order valence-corrected chi connectivity index (χ4v) is 30.2. The maximum atomic E-state index is 16.3. The van der Waals surface area contributed by atoms with E-state index in [1.165, 1.54) is 257 Å². The van der Waals surface area contributed by atoms with E-state index in [0.717, 1.165) is 101 Å². The third-order valence-electron chi connectivity index (χ3n) is 17.2. The molecule has 0 aliphatic carbocycles. The van der Waals surface area contributed by atoms with Crippen LogP contribution >= 0.6 is 13.7 Å². The summed E-state index contributed by atoms with van der Waals surface area (Å²) in [5.41, 5.74) is 0. The monoisotopic (exact) mass is 1060 g/mol. The summed E-state index contributed by atoms with van der Waals surface area (Å²) in [4.78, 5) is 0. The van der Waals surface area contributed by atoms with Crippen molar-refractivity contribution in [3.05, 3.63) is 0 Å². The van der Waals surface area contributed by atoms with Gasteiger partial charge in [-0.3, -0.25) is 0 Å². The second-order valence-electron chi connectivity index (χ2n) is 24.2. The summed E-state index contributed by atoms with van der Waals surface area (Å²) in [5, 5.41) is 0. The molecule has 0 radical (unpaired) electrons. The molecule has 71 heavy (non-hydrogen) atoms. The van der Waals surface area contributed by atoms with Crippen molar-refractivity contribution < 1.29 is 16.4 Å². The quantitative estimate of drug-likeness (QED) is 0.0450. The van der Waals surface area contributed by atoms with E-state index in [2.05, 4.69) is 55.4 Å². The molecule has 432 valence electrons. The Morgan fingerprint density at radius 1 is 0.197 bits per heavy atom. The summed E-state index contributed by atoms with van der Waals surface area (Å²) in [6.07, 6.45) is 67.5. The van der Waals surface area contributed by atoms with E-state index >= 15 is 8.42 Å². The van der Waals surface area contributed by atoms with Crippen LogP contribution in [0.2, 0.25) is 0 Å². The molecule has 0 saturated heterocycles. The first kappa shape index (κ1) is 71.7. The topological polar surface area (TPSA) is 52.6 Å². The molecule has 0 aromatic carbocycles.